The van der Waals surface area contributed by atoms with Crippen molar-refractivity contribution >= 4 is 12.0 Å². The van der Waals surface area contributed by atoms with Crippen LogP contribution in [-0.2, 0) is 22.7 Å². The standard InChI is InChI=1S/C25H24O5/c1-27-21-15-23(29-17-19-9-5-3-6-10-19)22(13-14-25(26)28-2)24(16-21)30-18-20-11-7-4-8-12-20/h3-16H,17-18H2,1-2H3/b14-13+. The van der Waals surface area contributed by atoms with E-state index in [1.807, 2.05) is 60.7 Å². The van der Waals surface area contributed by atoms with Gasteiger partial charge in [-0.3, -0.25) is 0 Å². The first-order valence-corrected chi connectivity index (χ1v) is 9.51. The lowest BCUT2D eigenvalue weighted by atomic mass is 10.1. The Kier molecular flexibility index (Phi) is 7.50. The Hall–Kier alpha value is -3.73. The SMILES string of the molecule is COC(=O)/C=C/c1c(OCc2ccccc2)cc(OC)cc1OCc1ccccc1. The second-order valence-corrected chi connectivity index (χ2v) is 6.44. The van der Waals surface area contributed by atoms with Gasteiger partial charge in [-0.25, -0.2) is 4.79 Å². The van der Waals surface area contributed by atoms with Gasteiger partial charge in [0.2, 0.25) is 0 Å². The zero-order valence-corrected chi connectivity index (χ0v) is 17.0. The number of esters is 1. The van der Waals surface area contributed by atoms with Gasteiger partial charge in [-0.05, 0) is 17.2 Å². The molecule has 5 heteroatoms. The van der Waals surface area contributed by atoms with Crippen LogP contribution < -0.4 is 14.2 Å². The Morgan fingerprint density at radius 1 is 0.800 bits per heavy atom. The zero-order valence-electron chi connectivity index (χ0n) is 17.0. The first-order chi connectivity index (χ1) is 14.7. The van der Waals surface area contributed by atoms with Crippen molar-refractivity contribution in [3.63, 3.8) is 0 Å². The van der Waals surface area contributed by atoms with Crippen molar-refractivity contribution in [2.45, 2.75) is 13.2 Å². The van der Waals surface area contributed by atoms with Crippen molar-refractivity contribution < 1.29 is 23.7 Å². The van der Waals surface area contributed by atoms with Crippen LogP contribution in [0, 0.1) is 0 Å². The summed E-state index contributed by atoms with van der Waals surface area (Å²) in [5.41, 5.74) is 2.68. The summed E-state index contributed by atoms with van der Waals surface area (Å²) < 4.78 is 22.3. The van der Waals surface area contributed by atoms with E-state index in [-0.39, 0.29) is 0 Å². The molecule has 30 heavy (non-hydrogen) atoms. The monoisotopic (exact) mass is 404 g/mol. The Morgan fingerprint density at radius 2 is 1.30 bits per heavy atom. The molecule has 0 fully saturated rings. The first kappa shape index (κ1) is 21.0. The van der Waals surface area contributed by atoms with Crippen molar-refractivity contribution in [2.24, 2.45) is 0 Å². The number of ether oxygens (including phenoxy) is 4. The lowest BCUT2D eigenvalue weighted by molar-refractivity contribution is -0.134. The highest BCUT2D eigenvalue weighted by molar-refractivity contribution is 5.88. The van der Waals surface area contributed by atoms with Crippen molar-refractivity contribution in [3.8, 4) is 17.2 Å². The van der Waals surface area contributed by atoms with Crippen molar-refractivity contribution in [3.05, 3.63) is 95.6 Å². The fraction of sp³-hybridized carbons (Fsp3) is 0.160. The largest absolute Gasteiger partial charge is 0.496 e. The molecule has 0 heterocycles. The Balaban J connectivity index is 1.92. The van der Waals surface area contributed by atoms with Gasteiger partial charge in [-0.1, -0.05) is 60.7 Å². The summed E-state index contributed by atoms with van der Waals surface area (Å²) in [6, 6.07) is 23.2. The molecule has 5 nitrogen and oxygen atoms in total. The number of hydrogen-bond acceptors (Lipinski definition) is 5. The molecule has 0 amide bonds. The summed E-state index contributed by atoms with van der Waals surface area (Å²) >= 11 is 0. The summed E-state index contributed by atoms with van der Waals surface area (Å²) in [7, 11) is 2.92. The van der Waals surface area contributed by atoms with E-state index < -0.39 is 5.97 Å². The highest BCUT2D eigenvalue weighted by Crippen LogP contribution is 2.36. The molecule has 0 N–H and O–H groups in total. The summed E-state index contributed by atoms with van der Waals surface area (Å²) in [4.78, 5) is 11.7. The molecule has 0 atom stereocenters. The maximum atomic E-state index is 11.7. The quantitative estimate of drug-likeness (QED) is 0.369. The van der Waals surface area contributed by atoms with E-state index in [0.717, 1.165) is 11.1 Å². The van der Waals surface area contributed by atoms with Gasteiger partial charge in [0, 0.05) is 18.2 Å². The van der Waals surface area contributed by atoms with Gasteiger partial charge < -0.3 is 18.9 Å². The molecular weight excluding hydrogens is 380 g/mol. The van der Waals surface area contributed by atoms with E-state index in [1.54, 1.807) is 25.3 Å². The molecule has 0 unspecified atom stereocenters. The third kappa shape index (κ3) is 5.88. The Morgan fingerprint density at radius 3 is 1.73 bits per heavy atom. The molecule has 0 saturated heterocycles. The van der Waals surface area contributed by atoms with Gasteiger partial charge in [0.25, 0.3) is 0 Å². The Labute approximate surface area is 176 Å². The second-order valence-electron chi connectivity index (χ2n) is 6.44. The van der Waals surface area contributed by atoms with Crippen LogP contribution in [0.5, 0.6) is 17.2 Å². The molecular formula is C25H24O5. The second kappa shape index (κ2) is 10.7. The van der Waals surface area contributed by atoms with Gasteiger partial charge in [-0.15, -0.1) is 0 Å². The van der Waals surface area contributed by atoms with Crippen LogP contribution in [0.25, 0.3) is 6.08 Å². The first-order valence-electron chi connectivity index (χ1n) is 9.51. The third-order valence-corrected chi connectivity index (χ3v) is 4.37. The van der Waals surface area contributed by atoms with Crippen LogP contribution in [0.2, 0.25) is 0 Å². The lowest BCUT2D eigenvalue weighted by Crippen LogP contribution is -2.02. The molecule has 0 saturated carbocycles. The molecule has 0 aliphatic carbocycles. The van der Waals surface area contributed by atoms with Crippen molar-refractivity contribution in [2.75, 3.05) is 14.2 Å². The molecule has 0 spiro atoms. The predicted octanol–water partition coefficient (Wildman–Crippen LogP) is 5.04. The van der Waals surface area contributed by atoms with E-state index >= 15 is 0 Å². The molecule has 0 aliphatic heterocycles. The molecule has 0 aliphatic rings. The van der Waals surface area contributed by atoms with Crippen LogP contribution >= 0.6 is 0 Å². The van der Waals surface area contributed by atoms with Gasteiger partial charge in [-0.2, -0.15) is 0 Å². The van der Waals surface area contributed by atoms with Crippen LogP contribution in [0.4, 0.5) is 0 Å². The maximum absolute atomic E-state index is 11.7. The number of methoxy groups -OCH3 is 2. The molecule has 0 radical (unpaired) electrons. The predicted molar refractivity (Wildman–Crippen MR) is 116 cm³/mol. The summed E-state index contributed by atoms with van der Waals surface area (Å²) in [6.07, 6.45) is 2.97. The molecule has 3 aromatic rings. The van der Waals surface area contributed by atoms with Crippen molar-refractivity contribution in [1.82, 2.24) is 0 Å². The minimum Gasteiger partial charge on any atom is -0.496 e. The van der Waals surface area contributed by atoms with E-state index in [9.17, 15) is 4.79 Å². The molecule has 0 aromatic heterocycles. The summed E-state index contributed by atoms with van der Waals surface area (Å²) in [5.74, 6) is 1.22. The topological polar surface area (TPSA) is 54.0 Å². The molecule has 3 rings (SSSR count). The van der Waals surface area contributed by atoms with E-state index in [2.05, 4.69) is 0 Å². The van der Waals surface area contributed by atoms with E-state index in [1.165, 1.54) is 13.2 Å². The van der Waals surface area contributed by atoms with Crippen LogP contribution in [-0.4, -0.2) is 20.2 Å². The maximum Gasteiger partial charge on any atom is 0.330 e. The van der Waals surface area contributed by atoms with E-state index in [0.29, 0.717) is 36.0 Å². The molecule has 154 valence electrons. The van der Waals surface area contributed by atoms with Crippen LogP contribution in [0.3, 0.4) is 0 Å². The summed E-state index contributed by atoms with van der Waals surface area (Å²) in [6.45, 7) is 0.733. The Bertz CT molecular complexity index is 916. The smallest absolute Gasteiger partial charge is 0.330 e. The third-order valence-electron chi connectivity index (χ3n) is 4.37. The minimum atomic E-state index is -0.464. The number of carbonyl (C=O) groups is 1. The molecule has 3 aromatic carbocycles. The normalized spacial score (nSPS) is 10.6. The number of rotatable bonds is 9. The van der Waals surface area contributed by atoms with Crippen LogP contribution in [0.1, 0.15) is 16.7 Å². The zero-order chi connectivity index (χ0) is 21.2. The summed E-state index contributed by atoms with van der Waals surface area (Å²) in [5, 5.41) is 0. The van der Waals surface area contributed by atoms with Gasteiger partial charge in [0.05, 0.1) is 19.8 Å². The van der Waals surface area contributed by atoms with Gasteiger partial charge in [0.1, 0.15) is 30.5 Å². The average Bonchev–Trinajstić information content (AvgIpc) is 2.81. The highest BCUT2D eigenvalue weighted by atomic mass is 16.5. The molecule has 0 bridgehead atoms. The lowest BCUT2D eigenvalue weighted by Gasteiger charge is -2.16. The van der Waals surface area contributed by atoms with Crippen LogP contribution in [0.15, 0.2) is 78.9 Å². The number of benzene rings is 3. The minimum absolute atomic E-state index is 0.366. The van der Waals surface area contributed by atoms with Crippen molar-refractivity contribution in [1.29, 1.82) is 0 Å². The number of hydrogen-bond donors (Lipinski definition) is 0. The fourth-order valence-electron chi connectivity index (χ4n) is 2.79. The number of carbonyl (C=O) groups excluding carboxylic acids is 1. The average molecular weight is 404 g/mol. The van der Waals surface area contributed by atoms with E-state index in [4.69, 9.17) is 18.9 Å². The van der Waals surface area contributed by atoms with Gasteiger partial charge in [0.15, 0.2) is 0 Å². The fourth-order valence-corrected chi connectivity index (χ4v) is 2.79. The van der Waals surface area contributed by atoms with Gasteiger partial charge >= 0.3 is 5.97 Å². The highest BCUT2D eigenvalue weighted by Gasteiger charge is 2.14.